The van der Waals surface area contributed by atoms with Crippen molar-refractivity contribution < 1.29 is 19.4 Å². The lowest BCUT2D eigenvalue weighted by atomic mass is 9.78. The van der Waals surface area contributed by atoms with E-state index in [0.717, 1.165) is 19.3 Å². The van der Waals surface area contributed by atoms with Gasteiger partial charge in [0, 0.05) is 0 Å². The summed E-state index contributed by atoms with van der Waals surface area (Å²) in [4.78, 5) is 24.0. The molecule has 4 atom stereocenters. The second kappa shape index (κ2) is 5.39. The van der Waals surface area contributed by atoms with Crippen LogP contribution in [0, 0.1) is 23.7 Å². The zero-order valence-electron chi connectivity index (χ0n) is 11.9. The zero-order valence-corrected chi connectivity index (χ0v) is 11.9. The van der Waals surface area contributed by atoms with Crippen LogP contribution in [0.4, 0.5) is 5.69 Å². The molecule has 0 unspecified atom stereocenters. The summed E-state index contributed by atoms with van der Waals surface area (Å²) in [7, 11) is 1.54. The minimum Gasteiger partial charge on any atom is -0.495 e. The Labute approximate surface area is 123 Å². The first-order valence-corrected chi connectivity index (χ1v) is 7.28. The lowest BCUT2D eigenvalue weighted by molar-refractivity contribution is -0.148. The van der Waals surface area contributed by atoms with E-state index < -0.39 is 17.8 Å². The Bertz CT molecular complexity index is 571. The lowest BCUT2D eigenvalue weighted by Crippen LogP contribution is -2.37. The average molecular weight is 289 g/mol. The molecule has 0 aromatic heterocycles. The number of carbonyl (C=O) groups is 2. The van der Waals surface area contributed by atoms with E-state index in [9.17, 15) is 14.7 Å². The summed E-state index contributed by atoms with van der Waals surface area (Å²) in [6.07, 6.45) is 2.75. The minimum absolute atomic E-state index is 0.154. The fourth-order valence-electron chi connectivity index (χ4n) is 3.99. The van der Waals surface area contributed by atoms with E-state index in [2.05, 4.69) is 5.32 Å². The van der Waals surface area contributed by atoms with Crippen molar-refractivity contribution in [1.29, 1.82) is 0 Å². The number of anilines is 1. The molecule has 1 amide bonds. The van der Waals surface area contributed by atoms with Crippen LogP contribution >= 0.6 is 0 Å². The smallest absolute Gasteiger partial charge is 0.307 e. The Balaban J connectivity index is 1.80. The summed E-state index contributed by atoms with van der Waals surface area (Å²) in [5.74, 6) is -1.07. The van der Waals surface area contributed by atoms with Crippen molar-refractivity contribution in [1.82, 2.24) is 0 Å². The van der Waals surface area contributed by atoms with Crippen molar-refractivity contribution in [3.05, 3.63) is 24.3 Å². The number of hydrogen-bond acceptors (Lipinski definition) is 3. The first-order valence-electron chi connectivity index (χ1n) is 7.28. The molecular formula is C16H19NO4. The Morgan fingerprint density at radius 3 is 2.52 bits per heavy atom. The highest BCUT2D eigenvalue weighted by atomic mass is 16.5. The van der Waals surface area contributed by atoms with E-state index in [0.29, 0.717) is 11.4 Å². The molecule has 0 aliphatic heterocycles. The number of ether oxygens (including phenoxy) is 1. The Morgan fingerprint density at radius 2 is 1.86 bits per heavy atom. The number of rotatable bonds is 4. The van der Waals surface area contributed by atoms with Crippen molar-refractivity contribution >= 4 is 17.6 Å². The van der Waals surface area contributed by atoms with Crippen LogP contribution in [0.5, 0.6) is 5.75 Å². The molecule has 2 N–H and O–H groups in total. The van der Waals surface area contributed by atoms with Crippen LogP contribution in [0.3, 0.4) is 0 Å². The van der Waals surface area contributed by atoms with Crippen LogP contribution in [-0.4, -0.2) is 24.1 Å². The summed E-state index contributed by atoms with van der Waals surface area (Å²) in [5, 5.41) is 12.3. The number of carboxylic acids is 1. The summed E-state index contributed by atoms with van der Waals surface area (Å²) >= 11 is 0. The van der Waals surface area contributed by atoms with Gasteiger partial charge < -0.3 is 15.2 Å². The quantitative estimate of drug-likeness (QED) is 0.892. The van der Waals surface area contributed by atoms with Gasteiger partial charge in [-0.1, -0.05) is 12.1 Å². The molecule has 0 heterocycles. The summed E-state index contributed by atoms with van der Waals surface area (Å²) < 4.78 is 5.21. The summed E-state index contributed by atoms with van der Waals surface area (Å²) in [6.45, 7) is 0. The zero-order chi connectivity index (χ0) is 15.0. The molecule has 0 radical (unpaired) electrons. The third-order valence-corrected chi connectivity index (χ3v) is 4.87. The first-order chi connectivity index (χ1) is 10.1. The highest BCUT2D eigenvalue weighted by Gasteiger charge is 2.54. The van der Waals surface area contributed by atoms with Gasteiger partial charge in [-0.25, -0.2) is 0 Å². The van der Waals surface area contributed by atoms with Gasteiger partial charge in [-0.3, -0.25) is 9.59 Å². The fourth-order valence-corrected chi connectivity index (χ4v) is 3.99. The number of para-hydroxylation sites is 2. The Morgan fingerprint density at radius 1 is 1.19 bits per heavy atom. The minimum atomic E-state index is -0.845. The fraction of sp³-hybridized carbons (Fsp3) is 0.500. The molecule has 2 aliphatic carbocycles. The third kappa shape index (κ3) is 2.37. The van der Waals surface area contributed by atoms with Gasteiger partial charge in [0.2, 0.25) is 5.91 Å². The van der Waals surface area contributed by atoms with Gasteiger partial charge in [0.1, 0.15) is 5.75 Å². The number of carboxylic acid groups (broad SMARTS) is 1. The number of amides is 1. The number of carbonyl (C=O) groups excluding carboxylic acids is 1. The molecule has 21 heavy (non-hydrogen) atoms. The molecule has 2 saturated carbocycles. The molecule has 112 valence electrons. The predicted molar refractivity (Wildman–Crippen MR) is 77.1 cm³/mol. The number of aliphatic carboxylic acids is 1. The van der Waals surface area contributed by atoms with Crippen molar-refractivity contribution in [2.75, 3.05) is 12.4 Å². The maximum absolute atomic E-state index is 12.6. The predicted octanol–water partition coefficient (Wildman–Crippen LogP) is 2.38. The molecule has 1 aromatic rings. The maximum Gasteiger partial charge on any atom is 0.307 e. The number of hydrogen-bond donors (Lipinski definition) is 2. The molecule has 3 rings (SSSR count). The van der Waals surface area contributed by atoms with Gasteiger partial charge in [-0.05, 0) is 43.2 Å². The molecule has 5 nitrogen and oxygen atoms in total. The van der Waals surface area contributed by atoms with Gasteiger partial charge in [0.25, 0.3) is 0 Å². The lowest BCUT2D eigenvalue weighted by Gasteiger charge is -2.27. The van der Waals surface area contributed by atoms with E-state index in [-0.39, 0.29) is 17.7 Å². The van der Waals surface area contributed by atoms with E-state index in [1.54, 1.807) is 19.2 Å². The maximum atomic E-state index is 12.6. The number of fused-ring (bicyclic) bond motifs is 2. The third-order valence-electron chi connectivity index (χ3n) is 4.87. The van der Waals surface area contributed by atoms with Gasteiger partial charge in [-0.2, -0.15) is 0 Å². The highest BCUT2D eigenvalue weighted by molar-refractivity contribution is 5.97. The second-order valence-electron chi connectivity index (χ2n) is 5.91. The van der Waals surface area contributed by atoms with Crippen molar-refractivity contribution in [2.45, 2.75) is 19.3 Å². The SMILES string of the molecule is COc1ccccc1NC(=O)[C@@H]1[C@H]2CC[C@@H](C2)[C@@H]1C(=O)O. The van der Waals surface area contributed by atoms with Crippen molar-refractivity contribution in [3.63, 3.8) is 0 Å². The van der Waals surface area contributed by atoms with Gasteiger partial charge in [0.15, 0.2) is 0 Å². The molecule has 1 aromatic carbocycles. The van der Waals surface area contributed by atoms with Gasteiger partial charge in [-0.15, -0.1) is 0 Å². The standard InChI is InChI=1S/C16H19NO4/c1-21-12-5-3-2-4-11(12)17-15(18)13-9-6-7-10(8-9)14(13)16(19)20/h2-5,9-10,13-14H,6-8H2,1H3,(H,17,18)(H,19,20)/t9-,10-,13+,14-/m0/s1. The van der Waals surface area contributed by atoms with Crippen molar-refractivity contribution in [2.24, 2.45) is 23.7 Å². The average Bonchev–Trinajstić information content (AvgIpc) is 3.08. The van der Waals surface area contributed by atoms with Crippen LogP contribution in [-0.2, 0) is 9.59 Å². The van der Waals surface area contributed by atoms with Crippen LogP contribution in [0.25, 0.3) is 0 Å². The highest BCUT2D eigenvalue weighted by Crippen LogP contribution is 2.52. The number of methoxy groups -OCH3 is 1. The Hall–Kier alpha value is -2.04. The van der Waals surface area contributed by atoms with Gasteiger partial charge in [0.05, 0.1) is 24.6 Å². The van der Waals surface area contributed by atoms with Crippen LogP contribution in [0.15, 0.2) is 24.3 Å². The number of benzene rings is 1. The molecule has 0 saturated heterocycles. The molecule has 2 bridgehead atoms. The Kier molecular flexibility index (Phi) is 3.57. The van der Waals surface area contributed by atoms with Crippen molar-refractivity contribution in [3.8, 4) is 5.75 Å². The normalized spacial score (nSPS) is 30.1. The van der Waals surface area contributed by atoms with Crippen LogP contribution in [0.1, 0.15) is 19.3 Å². The van der Waals surface area contributed by atoms with Crippen LogP contribution in [0.2, 0.25) is 0 Å². The summed E-state index contributed by atoms with van der Waals surface area (Å²) in [6, 6.07) is 7.17. The summed E-state index contributed by atoms with van der Waals surface area (Å²) in [5.41, 5.74) is 0.594. The van der Waals surface area contributed by atoms with E-state index >= 15 is 0 Å². The molecular weight excluding hydrogens is 270 g/mol. The first kappa shape index (κ1) is 13.9. The molecule has 0 spiro atoms. The van der Waals surface area contributed by atoms with Gasteiger partial charge >= 0.3 is 5.97 Å². The number of nitrogens with one attached hydrogen (secondary N) is 1. The topological polar surface area (TPSA) is 75.6 Å². The molecule has 2 fully saturated rings. The molecule has 5 heteroatoms. The molecule has 2 aliphatic rings. The van der Waals surface area contributed by atoms with E-state index in [1.807, 2.05) is 12.1 Å². The second-order valence-corrected chi connectivity index (χ2v) is 5.91. The van der Waals surface area contributed by atoms with E-state index in [4.69, 9.17) is 4.74 Å². The monoisotopic (exact) mass is 289 g/mol. The van der Waals surface area contributed by atoms with Crippen LogP contribution < -0.4 is 10.1 Å². The largest absolute Gasteiger partial charge is 0.495 e. The van der Waals surface area contributed by atoms with E-state index in [1.165, 1.54) is 0 Å².